The predicted octanol–water partition coefficient (Wildman–Crippen LogP) is 4.36. The fourth-order valence-electron chi connectivity index (χ4n) is 3.95. The van der Waals surface area contributed by atoms with Crippen molar-refractivity contribution >= 4 is 49.1 Å². The maximum Gasteiger partial charge on any atom is 0.279 e. The van der Waals surface area contributed by atoms with Crippen LogP contribution in [0.1, 0.15) is 35.7 Å². The smallest absolute Gasteiger partial charge is 0.279 e. The van der Waals surface area contributed by atoms with Gasteiger partial charge >= 0.3 is 0 Å². The summed E-state index contributed by atoms with van der Waals surface area (Å²) in [7, 11) is -1.70. The van der Waals surface area contributed by atoms with Crippen molar-refractivity contribution in [2.45, 2.75) is 31.6 Å². The van der Waals surface area contributed by atoms with Crippen molar-refractivity contribution in [3.8, 4) is 0 Å². The molecule has 0 aliphatic carbocycles. The molecule has 2 aromatic carbocycles. The van der Waals surface area contributed by atoms with Crippen LogP contribution in [0.3, 0.4) is 0 Å². The van der Waals surface area contributed by atoms with E-state index >= 15 is 0 Å². The Hall–Kier alpha value is -2.00. The average Bonchev–Trinajstić information content (AvgIpc) is 3.08. The number of fused-ring (bicyclic) bond motifs is 1. The van der Waals surface area contributed by atoms with Gasteiger partial charge in [0.05, 0.1) is 20.1 Å². The van der Waals surface area contributed by atoms with Crippen LogP contribution in [0.4, 0.5) is 0 Å². The summed E-state index contributed by atoms with van der Waals surface area (Å²) in [5.74, 6) is -0.0751. The SMILES string of the molecule is Cc1ccc(Cl)c2sc(=NC(=O)c3ccc(S(=O)(=O)N4CCCC(C)C4)cc3)n(C)c12. The first-order chi connectivity index (χ1) is 14.7. The Morgan fingerprint density at radius 3 is 2.55 bits per heavy atom. The lowest BCUT2D eigenvalue weighted by atomic mass is 10.0. The molecule has 1 aliphatic heterocycles. The zero-order valence-corrected chi connectivity index (χ0v) is 20.0. The first-order valence-electron chi connectivity index (χ1n) is 10.1. The predicted molar refractivity (Wildman–Crippen MR) is 124 cm³/mol. The molecule has 1 amide bonds. The summed E-state index contributed by atoms with van der Waals surface area (Å²) in [6.45, 7) is 5.11. The van der Waals surface area contributed by atoms with Crippen molar-refractivity contribution in [2.75, 3.05) is 13.1 Å². The number of sulfonamides is 1. The van der Waals surface area contributed by atoms with E-state index in [2.05, 4.69) is 11.9 Å². The number of rotatable bonds is 3. The molecule has 2 heterocycles. The number of thiazole rings is 1. The third kappa shape index (κ3) is 4.22. The molecule has 1 fully saturated rings. The number of benzene rings is 2. The van der Waals surface area contributed by atoms with Crippen LogP contribution in [0, 0.1) is 12.8 Å². The molecule has 0 saturated carbocycles. The summed E-state index contributed by atoms with van der Waals surface area (Å²) < 4.78 is 30.1. The van der Waals surface area contributed by atoms with Gasteiger partial charge < -0.3 is 4.57 Å². The summed E-state index contributed by atoms with van der Waals surface area (Å²) in [5.41, 5.74) is 2.33. The van der Waals surface area contributed by atoms with Crippen LogP contribution in [-0.2, 0) is 17.1 Å². The molecule has 1 aromatic heterocycles. The van der Waals surface area contributed by atoms with Crippen LogP contribution >= 0.6 is 22.9 Å². The van der Waals surface area contributed by atoms with Crippen LogP contribution in [0.25, 0.3) is 10.2 Å². The molecular weight excluding hydrogens is 454 g/mol. The van der Waals surface area contributed by atoms with Crippen molar-refractivity contribution in [3.63, 3.8) is 0 Å². The average molecular weight is 478 g/mol. The molecule has 1 saturated heterocycles. The van der Waals surface area contributed by atoms with Crippen molar-refractivity contribution in [1.82, 2.24) is 8.87 Å². The quantitative estimate of drug-likeness (QED) is 0.562. The van der Waals surface area contributed by atoms with Crippen LogP contribution in [-0.4, -0.2) is 36.3 Å². The summed E-state index contributed by atoms with van der Waals surface area (Å²) in [4.78, 5) is 17.8. The number of aromatic nitrogens is 1. The normalized spacial score (nSPS) is 18.6. The van der Waals surface area contributed by atoms with Gasteiger partial charge in [0.25, 0.3) is 5.91 Å². The highest BCUT2D eigenvalue weighted by atomic mass is 35.5. The Kier molecular flexibility index (Phi) is 6.09. The first kappa shape index (κ1) is 22.2. The van der Waals surface area contributed by atoms with E-state index in [1.165, 1.54) is 39.9 Å². The molecule has 1 unspecified atom stereocenters. The lowest BCUT2D eigenvalue weighted by Crippen LogP contribution is -2.39. The summed E-state index contributed by atoms with van der Waals surface area (Å²) in [5, 5.41) is 0.622. The maximum absolute atomic E-state index is 12.9. The van der Waals surface area contributed by atoms with E-state index in [4.69, 9.17) is 11.6 Å². The lowest BCUT2D eigenvalue weighted by molar-refractivity contribution is 0.0998. The monoisotopic (exact) mass is 477 g/mol. The lowest BCUT2D eigenvalue weighted by Gasteiger charge is -2.30. The molecule has 164 valence electrons. The zero-order valence-electron chi connectivity index (χ0n) is 17.6. The van der Waals surface area contributed by atoms with Gasteiger partial charge in [-0.1, -0.05) is 35.9 Å². The standard InChI is InChI=1S/C22H24ClN3O3S2/c1-14-5-4-12-26(13-14)31(28,29)17-9-7-16(8-10-17)21(27)24-22-25(3)19-15(2)6-11-18(23)20(19)30-22/h6-11,14H,4-5,12-13H2,1-3H3. The number of carbonyl (C=O) groups is 1. The third-order valence-electron chi connectivity index (χ3n) is 5.66. The molecule has 0 bridgehead atoms. The van der Waals surface area contributed by atoms with Crippen molar-refractivity contribution in [2.24, 2.45) is 18.0 Å². The number of amides is 1. The number of halogens is 1. The number of piperidine rings is 1. The Morgan fingerprint density at radius 1 is 1.19 bits per heavy atom. The topological polar surface area (TPSA) is 71.7 Å². The van der Waals surface area contributed by atoms with E-state index in [0.29, 0.717) is 34.4 Å². The number of aryl methyl sites for hydroxylation is 2. The highest BCUT2D eigenvalue weighted by Gasteiger charge is 2.28. The number of nitrogens with zero attached hydrogens (tertiary/aromatic N) is 3. The number of hydrogen-bond donors (Lipinski definition) is 0. The van der Waals surface area contributed by atoms with E-state index in [-0.39, 0.29) is 4.90 Å². The molecule has 0 spiro atoms. The summed E-state index contributed by atoms with van der Waals surface area (Å²) in [6.07, 6.45) is 1.91. The van der Waals surface area contributed by atoms with Crippen LogP contribution in [0.15, 0.2) is 46.3 Å². The summed E-state index contributed by atoms with van der Waals surface area (Å²) >= 11 is 7.67. The fourth-order valence-corrected chi connectivity index (χ4v) is 6.91. The second-order valence-corrected chi connectivity index (χ2v) is 11.4. The second-order valence-electron chi connectivity index (χ2n) is 8.04. The highest BCUT2D eigenvalue weighted by molar-refractivity contribution is 7.89. The molecule has 0 N–H and O–H groups in total. The van der Waals surface area contributed by atoms with Gasteiger partial charge in [-0.05, 0) is 61.6 Å². The Bertz CT molecular complexity index is 1320. The Morgan fingerprint density at radius 2 is 1.90 bits per heavy atom. The maximum atomic E-state index is 12.9. The molecule has 0 radical (unpaired) electrons. The minimum atomic E-state index is -3.56. The highest BCUT2D eigenvalue weighted by Crippen LogP contribution is 2.28. The fraction of sp³-hybridized carbons (Fsp3) is 0.364. The van der Waals surface area contributed by atoms with Crippen molar-refractivity contribution < 1.29 is 13.2 Å². The van der Waals surface area contributed by atoms with Gasteiger partial charge in [-0.25, -0.2) is 8.42 Å². The largest absolute Gasteiger partial charge is 0.319 e. The third-order valence-corrected chi connectivity index (χ3v) is 9.13. The van der Waals surface area contributed by atoms with E-state index < -0.39 is 15.9 Å². The van der Waals surface area contributed by atoms with E-state index in [1.54, 1.807) is 0 Å². The minimum Gasteiger partial charge on any atom is -0.319 e. The van der Waals surface area contributed by atoms with Crippen LogP contribution in [0.5, 0.6) is 0 Å². The van der Waals surface area contributed by atoms with E-state index in [9.17, 15) is 13.2 Å². The van der Waals surface area contributed by atoms with Crippen molar-refractivity contribution in [3.05, 3.63) is 57.3 Å². The van der Waals surface area contributed by atoms with Gasteiger partial charge in [0, 0.05) is 25.7 Å². The Balaban J connectivity index is 1.64. The molecule has 1 aliphatic rings. The number of carbonyl (C=O) groups excluding carboxylic acids is 1. The molecule has 31 heavy (non-hydrogen) atoms. The van der Waals surface area contributed by atoms with Gasteiger partial charge in [0.15, 0.2) is 4.80 Å². The summed E-state index contributed by atoms with van der Waals surface area (Å²) in [6, 6.07) is 9.80. The molecular formula is C22H24ClN3O3S2. The first-order valence-corrected chi connectivity index (χ1v) is 12.8. The number of hydrogen-bond acceptors (Lipinski definition) is 4. The Labute approximate surface area is 190 Å². The molecule has 1 atom stereocenters. The van der Waals surface area contributed by atoms with Gasteiger partial charge in [-0.3, -0.25) is 4.79 Å². The van der Waals surface area contributed by atoms with Crippen molar-refractivity contribution in [1.29, 1.82) is 0 Å². The molecule has 6 nitrogen and oxygen atoms in total. The van der Waals surface area contributed by atoms with Gasteiger partial charge in [-0.2, -0.15) is 9.30 Å². The van der Waals surface area contributed by atoms with E-state index in [0.717, 1.165) is 28.6 Å². The molecule has 9 heteroatoms. The van der Waals surface area contributed by atoms with Gasteiger partial charge in [0.2, 0.25) is 10.0 Å². The van der Waals surface area contributed by atoms with Gasteiger partial charge in [0.1, 0.15) is 0 Å². The second kappa shape index (κ2) is 8.50. The van der Waals surface area contributed by atoms with Gasteiger partial charge in [-0.15, -0.1) is 0 Å². The van der Waals surface area contributed by atoms with Crippen LogP contribution in [0.2, 0.25) is 5.02 Å². The zero-order chi connectivity index (χ0) is 22.3. The molecule has 3 aromatic rings. The molecule has 4 rings (SSSR count). The minimum absolute atomic E-state index is 0.202. The van der Waals surface area contributed by atoms with E-state index in [1.807, 2.05) is 30.7 Å². The van der Waals surface area contributed by atoms with Crippen LogP contribution < -0.4 is 4.80 Å².